The van der Waals surface area contributed by atoms with Gasteiger partial charge in [-0.15, -0.1) is 0 Å². The molecular formula is C18H21NO2. The van der Waals surface area contributed by atoms with Crippen LogP contribution in [0.4, 0.5) is 0 Å². The van der Waals surface area contributed by atoms with Gasteiger partial charge < -0.3 is 9.57 Å². The molecule has 0 bridgehead atoms. The van der Waals surface area contributed by atoms with Crippen LogP contribution in [-0.4, -0.2) is 32.4 Å². The highest BCUT2D eigenvalue weighted by molar-refractivity contribution is 5.65. The lowest BCUT2D eigenvalue weighted by Crippen LogP contribution is -2.31. The van der Waals surface area contributed by atoms with Gasteiger partial charge >= 0.3 is 0 Å². The maximum Gasteiger partial charge on any atom is 0.0866 e. The van der Waals surface area contributed by atoms with E-state index in [4.69, 9.17) is 9.57 Å². The fourth-order valence-electron chi connectivity index (χ4n) is 3.15. The Kier molecular flexibility index (Phi) is 4.06. The standard InChI is InChI=1S/C18H21NO2/c1-19(21-3)18-16-11-14(13-7-5-4-6-8-13)9-10-15(16)12-17(18)20-2/h4-11,17-18H,12H2,1-3H3. The van der Waals surface area contributed by atoms with E-state index in [2.05, 4.69) is 42.5 Å². The van der Waals surface area contributed by atoms with Gasteiger partial charge in [0.1, 0.15) is 0 Å². The van der Waals surface area contributed by atoms with Crippen LogP contribution in [0.3, 0.4) is 0 Å². The monoisotopic (exact) mass is 283 g/mol. The molecule has 0 amide bonds. The highest BCUT2D eigenvalue weighted by Gasteiger charge is 2.36. The van der Waals surface area contributed by atoms with Gasteiger partial charge in [0.05, 0.1) is 19.3 Å². The SMILES string of the molecule is COC1Cc2ccc(-c3ccccc3)cc2C1N(C)OC. The minimum atomic E-state index is 0.135. The summed E-state index contributed by atoms with van der Waals surface area (Å²) in [6.45, 7) is 0. The van der Waals surface area contributed by atoms with E-state index in [9.17, 15) is 0 Å². The Morgan fingerprint density at radius 3 is 2.43 bits per heavy atom. The van der Waals surface area contributed by atoms with Gasteiger partial charge in [-0.3, -0.25) is 0 Å². The summed E-state index contributed by atoms with van der Waals surface area (Å²) >= 11 is 0. The van der Waals surface area contributed by atoms with Gasteiger partial charge in [-0.2, -0.15) is 5.06 Å². The highest BCUT2D eigenvalue weighted by atomic mass is 16.7. The quantitative estimate of drug-likeness (QED) is 0.802. The van der Waals surface area contributed by atoms with E-state index in [0.29, 0.717) is 0 Å². The van der Waals surface area contributed by atoms with Gasteiger partial charge in [-0.05, 0) is 28.3 Å². The Labute approximate surface area is 126 Å². The second kappa shape index (κ2) is 5.98. The zero-order valence-electron chi connectivity index (χ0n) is 12.7. The van der Waals surface area contributed by atoms with Crippen molar-refractivity contribution >= 4 is 0 Å². The molecule has 0 spiro atoms. The summed E-state index contributed by atoms with van der Waals surface area (Å²) < 4.78 is 5.65. The van der Waals surface area contributed by atoms with E-state index in [1.165, 1.54) is 22.3 Å². The molecule has 0 N–H and O–H groups in total. The molecule has 2 aromatic carbocycles. The Bertz CT molecular complexity index is 612. The number of hydroxylamine groups is 2. The summed E-state index contributed by atoms with van der Waals surface area (Å²) in [4.78, 5) is 5.42. The molecule has 2 unspecified atom stereocenters. The van der Waals surface area contributed by atoms with Crippen molar-refractivity contribution in [2.24, 2.45) is 0 Å². The minimum Gasteiger partial charge on any atom is -0.379 e. The number of ether oxygens (including phenoxy) is 1. The fraction of sp³-hybridized carbons (Fsp3) is 0.333. The summed E-state index contributed by atoms with van der Waals surface area (Å²) in [5.41, 5.74) is 5.11. The Morgan fingerprint density at radius 2 is 1.76 bits per heavy atom. The summed E-state index contributed by atoms with van der Waals surface area (Å²) in [6.07, 6.45) is 1.06. The van der Waals surface area contributed by atoms with E-state index in [1.807, 2.05) is 18.2 Å². The number of hydrogen-bond acceptors (Lipinski definition) is 3. The topological polar surface area (TPSA) is 21.7 Å². The molecule has 0 fully saturated rings. The van der Waals surface area contributed by atoms with Gasteiger partial charge in [0.15, 0.2) is 0 Å². The zero-order chi connectivity index (χ0) is 14.8. The van der Waals surface area contributed by atoms with Crippen LogP contribution in [0.1, 0.15) is 17.2 Å². The van der Waals surface area contributed by atoms with E-state index in [-0.39, 0.29) is 12.1 Å². The molecule has 21 heavy (non-hydrogen) atoms. The van der Waals surface area contributed by atoms with Crippen molar-refractivity contribution in [3.8, 4) is 11.1 Å². The van der Waals surface area contributed by atoms with E-state index in [0.717, 1.165) is 6.42 Å². The van der Waals surface area contributed by atoms with Gasteiger partial charge in [0, 0.05) is 20.6 Å². The summed E-state index contributed by atoms with van der Waals surface area (Å²) in [5.74, 6) is 0. The molecule has 0 radical (unpaired) electrons. The number of fused-ring (bicyclic) bond motifs is 1. The van der Waals surface area contributed by atoms with Crippen molar-refractivity contribution in [3.63, 3.8) is 0 Å². The van der Waals surface area contributed by atoms with Gasteiger partial charge in [0.2, 0.25) is 0 Å². The first-order valence-corrected chi connectivity index (χ1v) is 7.22. The molecule has 0 saturated carbocycles. The number of hydrogen-bond donors (Lipinski definition) is 0. The van der Waals surface area contributed by atoms with Crippen molar-refractivity contribution in [1.29, 1.82) is 0 Å². The molecule has 3 heteroatoms. The maximum absolute atomic E-state index is 5.65. The predicted molar refractivity (Wildman–Crippen MR) is 83.9 cm³/mol. The van der Waals surface area contributed by atoms with Crippen LogP contribution in [0.5, 0.6) is 0 Å². The molecule has 3 rings (SSSR count). The second-order valence-electron chi connectivity index (χ2n) is 5.43. The molecule has 110 valence electrons. The van der Waals surface area contributed by atoms with Crippen molar-refractivity contribution in [3.05, 3.63) is 59.7 Å². The summed E-state index contributed by atoms with van der Waals surface area (Å²) in [5, 5.41) is 1.88. The van der Waals surface area contributed by atoms with Crippen LogP contribution in [0.2, 0.25) is 0 Å². The first-order valence-electron chi connectivity index (χ1n) is 7.22. The average Bonchev–Trinajstić information content (AvgIpc) is 2.92. The second-order valence-corrected chi connectivity index (χ2v) is 5.43. The number of nitrogens with zero attached hydrogens (tertiary/aromatic N) is 1. The normalized spacial score (nSPS) is 20.8. The largest absolute Gasteiger partial charge is 0.379 e. The van der Waals surface area contributed by atoms with E-state index in [1.54, 1.807) is 14.2 Å². The molecule has 0 aromatic heterocycles. The van der Waals surface area contributed by atoms with Crippen LogP contribution < -0.4 is 0 Å². The smallest absolute Gasteiger partial charge is 0.0866 e. The third-order valence-electron chi connectivity index (χ3n) is 4.33. The van der Waals surface area contributed by atoms with Crippen molar-refractivity contribution in [2.45, 2.75) is 18.6 Å². The van der Waals surface area contributed by atoms with E-state index < -0.39 is 0 Å². The van der Waals surface area contributed by atoms with E-state index >= 15 is 0 Å². The molecule has 0 heterocycles. The van der Waals surface area contributed by atoms with Crippen LogP contribution in [0.25, 0.3) is 11.1 Å². The third kappa shape index (κ3) is 2.60. The lowest BCUT2D eigenvalue weighted by Gasteiger charge is -2.27. The van der Waals surface area contributed by atoms with Gasteiger partial charge in [-0.1, -0.05) is 42.5 Å². The van der Waals surface area contributed by atoms with Crippen LogP contribution in [0.15, 0.2) is 48.5 Å². The highest BCUT2D eigenvalue weighted by Crippen LogP contribution is 2.39. The minimum absolute atomic E-state index is 0.135. The molecule has 1 aliphatic carbocycles. The third-order valence-corrected chi connectivity index (χ3v) is 4.33. The lowest BCUT2D eigenvalue weighted by molar-refractivity contribution is -0.168. The molecule has 2 atom stereocenters. The molecular weight excluding hydrogens is 262 g/mol. The predicted octanol–water partition coefficient (Wildman–Crippen LogP) is 3.46. The van der Waals surface area contributed by atoms with Crippen LogP contribution in [-0.2, 0) is 16.0 Å². The first-order chi connectivity index (χ1) is 10.2. The Balaban J connectivity index is 2.02. The van der Waals surface area contributed by atoms with Gasteiger partial charge in [-0.25, -0.2) is 0 Å². The van der Waals surface area contributed by atoms with Crippen molar-refractivity contribution < 1.29 is 9.57 Å². The molecule has 0 saturated heterocycles. The Hall–Kier alpha value is -1.68. The zero-order valence-corrected chi connectivity index (χ0v) is 12.7. The Morgan fingerprint density at radius 1 is 1.00 bits per heavy atom. The van der Waals surface area contributed by atoms with Crippen LogP contribution >= 0.6 is 0 Å². The lowest BCUT2D eigenvalue weighted by atomic mass is 9.99. The number of rotatable bonds is 4. The molecule has 3 nitrogen and oxygen atoms in total. The maximum atomic E-state index is 5.65. The van der Waals surface area contributed by atoms with Crippen molar-refractivity contribution in [1.82, 2.24) is 5.06 Å². The molecule has 1 aliphatic rings. The fourth-order valence-corrected chi connectivity index (χ4v) is 3.15. The molecule has 2 aromatic rings. The number of likely N-dealkylation sites (N-methyl/N-ethyl adjacent to an activating group) is 1. The summed E-state index contributed by atoms with van der Waals surface area (Å²) in [6, 6.07) is 17.3. The molecule has 0 aliphatic heterocycles. The average molecular weight is 283 g/mol. The van der Waals surface area contributed by atoms with Crippen molar-refractivity contribution in [2.75, 3.05) is 21.3 Å². The number of benzene rings is 2. The first kappa shape index (κ1) is 14.3. The van der Waals surface area contributed by atoms with Crippen LogP contribution in [0, 0.1) is 0 Å². The number of methoxy groups -OCH3 is 1. The van der Waals surface area contributed by atoms with Gasteiger partial charge in [0.25, 0.3) is 0 Å². The summed E-state index contributed by atoms with van der Waals surface area (Å²) in [7, 11) is 5.43.